The van der Waals surface area contributed by atoms with Crippen molar-refractivity contribution in [1.29, 1.82) is 0 Å². The third kappa shape index (κ3) is 3.75. The Morgan fingerprint density at radius 3 is 2.67 bits per heavy atom. The van der Waals surface area contributed by atoms with Crippen molar-refractivity contribution in [3.8, 4) is 0 Å². The first-order chi connectivity index (χ1) is 10.2. The third-order valence-electron chi connectivity index (χ3n) is 5.43. The molecule has 2 fully saturated rings. The fraction of sp³-hybridized carbons (Fsp3) is 0.667. The smallest absolute Gasteiger partial charge is 0.0595 e. The number of hydrogen-bond acceptors (Lipinski definition) is 1. The van der Waals surface area contributed by atoms with Crippen LogP contribution in [0.2, 0.25) is 10.0 Å². The molecule has 0 aliphatic heterocycles. The van der Waals surface area contributed by atoms with Crippen LogP contribution in [0, 0.1) is 17.8 Å². The van der Waals surface area contributed by atoms with Crippen LogP contribution in [0.1, 0.15) is 44.6 Å². The number of halogens is 2. The summed E-state index contributed by atoms with van der Waals surface area (Å²) in [6.07, 6.45) is 8.29. The summed E-state index contributed by atoms with van der Waals surface area (Å²) in [5, 5.41) is 4.99. The minimum atomic E-state index is 0.566. The Labute approximate surface area is 138 Å². The molecule has 4 unspecified atom stereocenters. The molecule has 0 aromatic heterocycles. The second-order valence-corrected chi connectivity index (χ2v) is 7.69. The zero-order chi connectivity index (χ0) is 14.8. The summed E-state index contributed by atoms with van der Waals surface area (Å²) in [6, 6.07) is 6.62. The fourth-order valence-corrected chi connectivity index (χ4v) is 4.83. The number of likely N-dealkylation sites (N-methyl/N-ethyl adjacent to an activating group) is 1. The summed E-state index contributed by atoms with van der Waals surface area (Å²) in [6.45, 7) is 3.23. The maximum atomic E-state index is 6.14. The van der Waals surface area contributed by atoms with Gasteiger partial charge in [0.2, 0.25) is 0 Å². The minimum absolute atomic E-state index is 0.566. The molecule has 1 N–H and O–H groups in total. The molecular formula is C18H25Cl2N. The van der Waals surface area contributed by atoms with Crippen molar-refractivity contribution in [2.24, 2.45) is 17.8 Å². The largest absolute Gasteiger partial charge is 0.314 e. The molecule has 0 amide bonds. The highest BCUT2D eigenvalue weighted by atomic mass is 35.5. The molecule has 3 rings (SSSR count). The minimum Gasteiger partial charge on any atom is -0.314 e. The molecule has 2 aliphatic carbocycles. The predicted octanol–water partition coefficient (Wildman–Crippen LogP) is 5.34. The van der Waals surface area contributed by atoms with Crippen LogP contribution in [0.15, 0.2) is 18.2 Å². The standard InChI is InChI=1S/C18H25Cl2N/c1-2-21-16(9-13-4-6-17(19)18(20)10-13)11-15-8-12-3-5-14(15)7-12/h4,6,10,12,14-16,21H,2-3,5,7-9,11H2,1H3. The van der Waals surface area contributed by atoms with Gasteiger partial charge in [0.25, 0.3) is 0 Å². The van der Waals surface area contributed by atoms with Gasteiger partial charge in [-0.05, 0) is 74.1 Å². The molecular weight excluding hydrogens is 301 g/mol. The van der Waals surface area contributed by atoms with E-state index in [1.54, 1.807) is 0 Å². The van der Waals surface area contributed by atoms with Gasteiger partial charge < -0.3 is 5.32 Å². The van der Waals surface area contributed by atoms with Gasteiger partial charge in [-0.3, -0.25) is 0 Å². The van der Waals surface area contributed by atoms with E-state index < -0.39 is 0 Å². The lowest BCUT2D eigenvalue weighted by Crippen LogP contribution is -2.34. The van der Waals surface area contributed by atoms with Crippen LogP contribution >= 0.6 is 23.2 Å². The quantitative estimate of drug-likeness (QED) is 0.744. The summed E-state index contributed by atoms with van der Waals surface area (Å²) in [5.41, 5.74) is 1.29. The van der Waals surface area contributed by atoms with E-state index in [4.69, 9.17) is 23.2 Å². The lowest BCUT2D eigenvalue weighted by Gasteiger charge is -2.27. The Kier molecular flexibility index (Phi) is 5.14. The second-order valence-electron chi connectivity index (χ2n) is 6.88. The van der Waals surface area contributed by atoms with E-state index in [0.29, 0.717) is 16.1 Å². The van der Waals surface area contributed by atoms with E-state index >= 15 is 0 Å². The molecule has 0 spiro atoms. The predicted molar refractivity (Wildman–Crippen MR) is 91.2 cm³/mol. The van der Waals surface area contributed by atoms with Gasteiger partial charge in [0, 0.05) is 6.04 Å². The highest BCUT2D eigenvalue weighted by Gasteiger charge is 2.39. The number of benzene rings is 1. The molecule has 0 saturated heterocycles. The van der Waals surface area contributed by atoms with Crippen molar-refractivity contribution in [2.45, 2.75) is 51.5 Å². The van der Waals surface area contributed by atoms with Gasteiger partial charge in [0.05, 0.1) is 10.0 Å². The maximum Gasteiger partial charge on any atom is 0.0595 e. The lowest BCUT2D eigenvalue weighted by molar-refractivity contribution is 0.278. The van der Waals surface area contributed by atoms with Gasteiger partial charge >= 0.3 is 0 Å². The van der Waals surface area contributed by atoms with Gasteiger partial charge in [-0.2, -0.15) is 0 Å². The first-order valence-corrected chi connectivity index (χ1v) is 9.08. The van der Waals surface area contributed by atoms with Crippen molar-refractivity contribution in [2.75, 3.05) is 6.54 Å². The molecule has 1 aromatic rings. The van der Waals surface area contributed by atoms with Crippen LogP contribution in [-0.4, -0.2) is 12.6 Å². The third-order valence-corrected chi connectivity index (χ3v) is 6.17. The molecule has 2 bridgehead atoms. The molecule has 2 aliphatic rings. The van der Waals surface area contributed by atoms with Crippen molar-refractivity contribution < 1.29 is 0 Å². The number of hydrogen-bond donors (Lipinski definition) is 1. The molecule has 0 heterocycles. The van der Waals surface area contributed by atoms with Gasteiger partial charge in [0.1, 0.15) is 0 Å². The average Bonchev–Trinajstić information content (AvgIpc) is 3.05. The first-order valence-electron chi connectivity index (χ1n) is 8.33. The van der Waals surface area contributed by atoms with E-state index in [-0.39, 0.29) is 0 Å². The molecule has 0 radical (unpaired) electrons. The Morgan fingerprint density at radius 2 is 2.05 bits per heavy atom. The van der Waals surface area contributed by atoms with Crippen LogP contribution < -0.4 is 5.32 Å². The van der Waals surface area contributed by atoms with Gasteiger partial charge in [-0.15, -0.1) is 0 Å². The van der Waals surface area contributed by atoms with Gasteiger partial charge in [-0.1, -0.05) is 42.6 Å². The summed E-state index contributed by atoms with van der Waals surface area (Å²) >= 11 is 12.2. The summed E-state index contributed by atoms with van der Waals surface area (Å²) < 4.78 is 0. The molecule has 2 saturated carbocycles. The number of rotatable bonds is 6. The molecule has 3 heteroatoms. The lowest BCUT2D eigenvalue weighted by atomic mass is 9.83. The highest BCUT2D eigenvalue weighted by molar-refractivity contribution is 6.42. The Balaban J connectivity index is 1.62. The Morgan fingerprint density at radius 1 is 1.19 bits per heavy atom. The Bertz CT molecular complexity index is 488. The number of fused-ring (bicyclic) bond motifs is 2. The van der Waals surface area contributed by atoms with E-state index in [1.165, 1.54) is 37.7 Å². The van der Waals surface area contributed by atoms with Crippen molar-refractivity contribution in [3.05, 3.63) is 33.8 Å². The summed E-state index contributed by atoms with van der Waals surface area (Å²) in [7, 11) is 0. The van der Waals surface area contributed by atoms with Crippen molar-refractivity contribution >= 4 is 23.2 Å². The normalized spacial score (nSPS) is 29.0. The van der Waals surface area contributed by atoms with Gasteiger partial charge in [0.15, 0.2) is 0 Å². The maximum absolute atomic E-state index is 6.14. The van der Waals surface area contributed by atoms with E-state index in [9.17, 15) is 0 Å². The SMILES string of the molecule is CCNC(Cc1ccc(Cl)c(Cl)c1)CC1CC2CCC1C2. The molecule has 116 valence electrons. The molecule has 1 aromatic carbocycles. The van der Waals surface area contributed by atoms with Crippen LogP contribution in [0.4, 0.5) is 0 Å². The topological polar surface area (TPSA) is 12.0 Å². The van der Waals surface area contributed by atoms with E-state index in [1.807, 2.05) is 12.1 Å². The second kappa shape index (κ2) is 6.89. The summed E-state index contributed by atoms with van der Waals surface area (Å²) in [4.78, 5) is 0. The molecule has 4 atom stereocenters. The molecule has 1 nitrogen and oxygen atoms in total. The fourth-order valence-electron chi connectivity index (χ4n) is 4.51. The van der Waals surface area contributed by atoms with Gasteiger partial charge in [-0.25, -0.2) is 0 Å². The highest BCUT2D eigenvalue weighted by Crippen LogP contribution is 2.50. The first kappa shape index (κ1) is 15.6. The van der Waals surface area contributed by atoms with Crippen LogP contribution in [0.5, 0.6) is 0 Å². The van der Waals surface area contributed by atoms with Crippen molar-refractivity contribution in [1.82, 2.24) is 5.32 Å². The monoisotopic (exact) mass is 325 g/mol. The van der Waals surface area contributed by atoms with Crippen LogP contribution in [0.3, 0.4) is 0 Å². The van der Waals surface area contributed by atoms with Crippen LogP contribution in [0.25, 0.3) is 0 Å². The zero-order valence-electron chi connectivity index (χ0n) is 12.7. The average molecular weight is 326 g/mol. The number of nitrogens with one attached hydrogen (secondary N) is 1. The summed E-state index contributed by atoms with van der Waals surface area (Å²) in [5.74, 6) is 2.98. The Hall–Kier alpha value is -0.240. The van der Waals surface area contributed by atoms with Crippen molar-refractivity contribution in [3.63, 3.8) is 0 Å². The van der Waals surface area contributed by atoms with E-state index in [2.05, 4.69) is 18.3 Å². The zero-order valence-corrected chi connectivity index (χ0v) is 14.3. The van der Waals surface area contributed by atoms with E-state index in [0.717, 1.165) is 30.7 Å². The molecule has 21 heavy (non-hydrogen) atoms. The van der Waals surface area contributed by atoms with Crippen LogP contribution in [-0.2, 0) is 6.42 Å².